The number of benzene rings is 3. The van der Waals surface area contributed by atoms with Crippen molar-refractivity contribution in [1.29, 1.82) is 0 Å². The van der Waals surface area contributed by atoms with E-state index in [9.17, 15) is 9.59 Å². The van der Waals surface area contributed by atoms with Crippen molar-refractivity contribution in [2.24, 2.45) is 0 Å². The smallest absolute Gasteiger partial charge is 0.255 e. The van der Waals surface area contributed by atoms with Crippen molar-refractivity contribution < 1.29 is 14.3 Å². The standard InChI is InChI=1S/C19H15NO3/c1-23-17-9-8-16(12-21)18(11-17)20-19(22)15-7-6-13-4-2-3-5-14(13)10-15/h2-12H,1H3,(H,20,22). The van der Waals surface area contributed by atoms with Gasteiger partial charge in [-0.05, 0) is 35.0 Å². The average molecular weight is 305 g/mol. The normalized spacial score (nSPS) is 10.3. The summed E-state index contributed by atoms with van der Waals surface area (Å²) in [5, 5.41) is 4.82. The van der Waals surface area contributed by atoms with E-state index in [0.717, 1.165) is 10.8 Å². The molecule has 23 heavy (non-hydrogen) atoms. The second-order valence-corrected chi connectivity index (χ2v) is 5.09. The Kier molecular flexibility index (Phi) is 4.06. The third kappa shape index (κ3) is 3.06. The molecule has 4 nitrogen and oxygen atoms in total. The fourth-order valence-corrected chi connectivity index (χ4v) is 2.40. The first-order chi connectivity index (χ1) is 11.2. The highest BCUT2D eigenvalue weighted by atomic mass is 16.5. The molecule has 0 atom stereocenters. The summed E-state index contributed by atoms with van der Waals surface area (Å²) in [6.45, 7) is 0. The number of ether oxygens (including phenoxy) is 1. The van der Waals surface area contributed by atoms with Gasteiger partial charge in [0.1, 0.15) is 5.75 Å². The molecule has 0 heterocycles. The number of anilines is 1. The summed E-state index contributed by atoms with van der Waals surface area (Å²) in [6.07, 6.45) is 0.704. The van der Waals surface area contributed by atoms with E-state index in [1.807, 2.05) is 36.4 Å². The van der Waals surface area contributed by atoms with Crippen LogP contribution in [0.3, 0.4) is 0 Å². The summed E-state index contributed by atoms with van der Waals surface area (Å²) < 4.78 is 5.13. The van der Waals surface area contributed by atoms with Gasteiger partial charge in [0, 0.05) is 17.2 Å². The largest absolute Gasteiger partial charge is 0.497 e. The summed E-state index contributed by atoms with van der Waals surface area (Å²) in [5.41, 5.74) is 1.36. The van der Waals surface area contributed by atoms with Crippen LogP contribution in [0.25, 0.3) is 10.8 Å². The van der Waals surface area contributed by atoms with E-state index in [4.69, 9.17) is 4.74 Å². The van der Waals surface area contributed by atoms with E-state index < -0.39 is 0 Å². The van der Waals surface area contributed by atoms with Gasteiger partial charge in [-0.15, -0.1) is 0 Å². The van der Waals surface area contributed by atoms with E-state index in [-0.39, 0.29) is 5.91 Å². The Labute approximate surface area is 133 Å². The molecule has 0 fully saturated rings. The van der Waals surface area contributed by atoms with Crippen LogP contribution in [-0.4, -0.2) is 19.3 Å². The number of nitrogens with one attached hydrogen (secondary N) is 1. The maximum atomic E-state index is 12.5. The molecule has 3 rings (SSSR count). The summed E-state index contributed by atoms with van der Waals surface area (Å²) >= 11 is 0. The van der Waals surface area contributed by atoms with Crippen molar-refractivity contribution in [3.63, 3.8) is 0 Å². The summed E-state index contributed by atoms with van der Waals surface area (Å²) in [7, 11) is 1.53. The number of fused-ring (bicyclic) bond motifs is 1. The zero-order chi connectivity index (χ0) is 16.2. The topological polar surface area (TPSA) is 55.4 Å². The van der Waals surface area contributed by atoms with Crippen molar-refractivity contribution in [2.75, 3.05) is 12.4 Å². The van der Waals surface area contributed by atoms with Crippen LogP contribution >= 0.6 is 0 Å². The zero-order valence-corrected chi connectivity index (χ0v) is 12.6. The maximum absolute atomic E-state index is 12.5. The van der Waals surface area contributed by atoms with Gasteiger partial charge in [-0.2, -0.15) is 0 Å². The zero-order valence-electron chi connectivity index (χ0n) is 12.6. The third-order valence-electron chi connectivity index (χ3n) is 3.65. The van der Waals surface area contributed by atoms with Crippen LogP contribution in [0.1, 0.15) is 20.7 Å². The molecule has 0 spiro atoms. The second kappa shape index (κ2) is 6.32. The number of amides is 1. The van der Waals surface area contributed by atoms with Gasteiger partial charge in [-0.1, -0.05) is 30.3 Å². The van der Waals surface area contributed by atoms with Crippen molar-refractivity contribution in [1.82, 2.24) is 0 Å². The van der Waals surface area contributed by atoms with E-state index in [1.54, 1.807) is 24.3 Å². The van der Waals surface area contributed by atoms with Crippen molar-refractivity contribution >= 4 is 28.7 Å². The molecule has 0 unspecified atom stereocenters. The molecular formula is C19H15NO3. The molecule has 0 aliphatic rings. The fraction of sp³-hybridized carbons (Fsp3) is 0.0526. The van der Waals surface area contributed by atoms with Crippen LogP contribution in [0.2, 0.25) is 0 Å². The first-order valence-electron chi connectivity index (χ1n) is 7.14. The second-order valence-electron chi connectivity index (χ2n) is 5.09. The predicted octanol–water partition coefficient (Wildman–Crippen LogP) is 3.91. The molecule has 0 bridgehead atoms. The minimum atomic E-state index is -0.271. The molecule has 1 amide bonds. The van der Waals surface area contributed by atoms with Crippen molar-refractivity contribution in [3.05, 3.63) is 71.8 Å². The lowest BCUT2D eigenvalue weighted by atomic mass is 10.1. The lowest BCUT2D eigenvalue weighted by Gasteiger charge is -2.10. The van der Waals surface area contributed by atoms with Crippen LogP contribution in [0, 0.1) is 0 Å². The lowest BCUT2D eigenvalue weighted by Crippen LogP contribution is -2.13. The molecule has 0 saturated carbocycles. The van der Waals surface area contributed by atoms with E-state index in [1.165, 1.54) is 7.11 Å². The van der Waals surface area contributed by atoms with Crippen molar-refractivity contribution in [2.45, 2.75) is 0 Å². The van der Waals surface area contributed by atoms with E-state index >= 15 is 0 Å². The number of carbonyl (C=O) groups is 2. The van der Waals surface area contributed by atoms with E-state index in [2.05, 4.69) is 5.32 Å². The molecule has 114 valence electrons. The summed E-state index contributed by atoms with van der Waals surface area (Å²) in [5.74, 6) is 0.302. The molecule has 1 N–H and O–H groups in total. The molecule has 3 aromatic carbocycles. The van der Waals surface area contributed by atoms with Gasteiger partial charge in [-0.3, -0.25) is 9.59 Å². The van der Waals surface area contributed by atoms with Gasteiger partial charge in [0.25, 0.3) is 5.91 Å². The molecule has 0 saturated heterocycles. The summed E-state index contributed by atoms with van der Waals surface area (Å²) in [6, 6.07) is 18.2. The minimum Gasteiger partial charge on any atom is -0.497 e. The molecule has 0 aromatic heterocycles. The Morgan fingerprint density at radius 2 is 1.78 bits per heavy atom. The predicted molar refractivity (Wildman–Crippen MR) is 90.3 cm³/mol. The van der Waals surface area contributed by atoms with Crippen LogP contribution in [-0.2, 0) is 0 Å². The highest BCUT2D eigenvalue weighted by Gasteiger charge is 2.10. The first kappa shape index (κ1) is 14.8. The lowest BCUT2D eigenvalue weighted by molar-refractivity contribution is 0.102. The molecule has 0 aliphatic carbocycles. The average Bonchev–Trinajstić information content (AvgIpc) is 2.61. The Hall–Kier alpha value is -3.14. The van der Waals surface area contributed by atoms with Crippen LogP contribution in [0.15, 0.2) is 60.7 Å². The number of carbonyl (C=O) groups excluding carboxylic acids is 2. The summed E-state index contributed by atoms with van der Waals surface area (Å²) in [4.78, 5) is 23.6. The van der Waals surface area contributed by atoms with Gasteiger partial charge in [0.15, 0.2) is 6.29 Å². The van der Waals surface area contributed by atoms with Crippen molar-refractivity contribution in [3.8, 4) is 5.75 Å². The number of hydrogen-bond donors (Lipinski definition) is 1. The van der Waals surface area contributed by atoms with Gasteiger partial charge < -0.3 is 10.1 Å². The molecule has 0 radical (unpaired) electrons. The molecule has 0 aliphatic heterocycles. The van der Waals surface area contributed by atoms with Gasteiger partial charge in [-0.25, -0.2) is 0 Å². The van der Waals surface area contributed by atoms with Gasteiger partial charge in [0.2, 0.25) is 0 Å². The van der Waals surface area contributed by atoms with Crippen LogP contribution in [0.5, 0.6) is 5.75 Å². The minimum absolute atomic E-state index is 0.271. The monoisotopic (exact) mass is 305 g/mol. The Balaban J connectivity index is 1.92. The highest BCUT2D eigenvalue weighted by Crippen LogP contribution is 2.23. The number of methoxy groups -OCH3 is 1. The number of rotatable bonds is 4. The molecule has 4 heteroatoms. The fourth-order valence-electron chi connectivity index (χ4n) is 2.40. The Morgan fingerprint density at radius 1 is 1.00 bits per heavy atom. The van der Waals surface area contributed by atoms with Crippen LogP contribution in [0.4, 0.5) is 5.69 Å². The Bertz CT molecular complexity index is 887. The Morgan fingerprint density at radius 3 is 2.52 bits per heavy atom. The highest BCUT2D eigenvalue weighted by molar-refractivity contribution is 6.08. The number of aldehydes is 1. The first-order valence-corrected chi connectivity index (χ1v) is 7.14. The number of hydrogen-bond acceptors (Lipinski definition) is 3. The van der Waals surface area contributed by atoms with Gasteiger partial charge in [0.05, 0.1) is 12.8 Å². The molecule has 3 aromatic rings. The third-order valence-corrected chi connectivity index (χ3v) is 3.65. The van der Waals surface area contributed by atoms with E-state index in [0.29, 0.717) is 28.8 Å². The maximum Gasteiger partial charge on any atom is 0.255 e. The SMILES string of the molecule is COc1ccc(C=O)c(NC(=O)c2ccc3ccccc3c2)c1. The van der Waals surface area contributed by atoms with Gasteiger partial charge >= 0.3 is 0 Å². The van der Waals surface area contributed by atoms with Crippen LogP contribution < -0.4 is 10.1 Å². The quantitative estimate of drug-likeness (QED) is 0.743. The molecular weight excluding hydrogens is 290 g/mol.